The third-order valence-corrected chi connectivity index (χ3v) is 2.20. The molecule has 0 amide bonds. The Morgan fingerprint density at radius 1 is 1.55 bits per heavy atom. The van der Waals surface area contributed by atoms with Crippen LogP contribution in [0.4, 0.5) is 0 Å². The Hall–Kier alpha value is -0.370. The number of carbonyl (C=O) groups is 1. The normalized spacial score (nSPS) is 25.0. The van der Waals surface area contributed by atoms with Crippen molar-refractivity contribution in [1.29, 1.82) is 0 Å². The van der Waals surface area contributed by atoms with Gasteiger partial charge in [0.05, 0.1) is 6.04 Å². The van der Waals surface area contributed by atoms with E-state index in [1.807, 2.05) is 0 Å². The van der Waals surface area contributed by atoms with Crippen LogP contribution < -0.4 is 5.32 Å². The van der Waals surface area contributed by atoms with Gasteiger partial charge in [-0.25, -0.2) is 0 Å². The average Bonchev–Trinajstić information content (AvgIpc) is 2.07. The molecule has 0 radical (unpaired) electrons. The molecular weight excluding hydrogens is 138 g/mol. The quantitative estimate of drug-likeness (QED) is 0.669. The topological polar surface area (TPSA) is 29.1 Å². The van der Waals surface area contributed by atoms with Crippen molar-refractivity contribution in [3.05, 3.63) is 0 Å². The highest BCUT2D eigenvalue weighted by Crippen LogP contribution is 2.09. The second-order valence-electron chi connectivity index (χ2n) is 3.22. The number of nitrogens with one attached hydrogen (secondary N) is 1. The maximum Gasteiger partial charge on any atom is 0.149 e. The highest BCUT2D eigenvalue weighted by molar-refractivity contribution is 5.83. The molecule has 1 rings (SSSR count). The second kappa shape index (κ2) is 4.50. The summed E-state index contributed by atoms with van der Waals surface area (Å²) in [4.78, 5) is 11.3. The van der Waals surface area contributed by atoms with Gasteiger partial charge in [-0.2, -0.15) is 0 Å². The zero-order valence-electron chi connectivity index (χ0n) is 7.23. The van der Waals surface area contributed by atoms with E-state index in [9.17, 15) is 4.79 Å². The van der Waals surface area contributed by atoms with Gasteiger partial charge in [0.2, 0.25) is 0 Å². The molecule has 1 aliphatic heterocycles. The van der Waals surface area contributed by atoms with Gasteiger partial charge in [0.15, 0.2) is 0 Å². The lowest BCUT2D eigenvalue weighted by molar-refractivity contribution is -0.121. The molecular formula is C9H17NO. The molecule has 0 aromatic rings. The highest BCUT2D eigenvalue weighted by Gasteiger charge is 2.18. The minimum Gasteiger partial charge on any atom is -0.307 e. The second-order valence-corrected chi connectivity index (χ2v) is 3.22. The first-order valence-electron chi connectivity index (χ1n) is 4.60. The van der Waals surface area contributed by atoms with E-state index in [2.05, 4.69) is 12.2 Å². The van der Waals surface area contributed by atoms with Gasteiger partial charge in [0.25, 0.3) is 0 Å². The number of rotatable bonds is 3. The van der Waals surface area contributed by atoms with Gasteiger partial charge in [-0.1, -0.05) is 13.3 Å². The smallest absolute Gasteiger partial charge is 0.149 e. The van der Waals surface area contributed by atoms with Crippen LogP contribution in [0.5, 0.6) is 0 Å². The predicted octanol–water partition coefficient (Wildman–Crippen LogP) is 1.50. The van der Waals surface area contributed by atoms with E-state index in [-0.39, 0.29) is 6.04 Å². The summed E-state index contributed by atoms with van der Waals surface area (Å²) in [7, 11) is 0. The molecule has 11 heavy (non-hydrogen) atoms. The minimum atomic E-state index is 0.184. The fourth-order valence-corrected chi connectivity index (χ4v) is 1.55. The van der Waals surface area contributed by atoms with Gasteiger partial charge in [-0.3, -0.25) is 4.79 Å². The molecule has 1 aliphatic rings. The molecule has 2 nitrogen and oxygen atoms in total. The fraction of sp³-hybridized carbons (Fsp3) is 0.889. The van der Waals surface area contributed by atoms with E-state index in [1.54, 1.807) is 0 Å². The Bertz CT molecular complexity index is 128. The summed E-state index contributed by atoms with van der Waals surface area (Å²) in [5.41, 5.74) is 0. The van der Waals surface area contributed by atoms with Crippen molar-refractivity contribution in [2.24, 2.45) is 0 Å². The van der Waals surface area contributed by atoms with E-state index >= 15 is 0 Å². The maximum atomic E-state index is 11.3. The summed E-state index contributed by atoms with van der Waals surface area (Å²) in [6, 6.07) is 0.184. The van der Waals surface area contributed by atoms with Crippen molar-refractivity contribution in [3.8, 4) is 0 Å². The van der Waals surface area contributed by atoms with E-state index in [0.717, 1.165) is 25.8 Å². The minimum absolute atomic E-state index is 0.184. The Morgan fingerprint density at radius 3 is 2.91 bits per heavy atom. The lowest BCUT2D eigenvalue weighted by Crippen LogP contribution is -2.40. The summed E-state index contributed by atoms with van der Waals surface area (Å²) in [6.07, 6.45) is 5.23. The fourth-order valence-electron chi connectivity index (χ4n) is 1.55. The Labute approximate surface area is 68.4 Å². The molecule has 1 N–H and O–H groups in total. The summed E-state index contributed by atoms with van der Waals surface area (Å²) in [5, 5.41) is 3.25. The monoisotopic (exact) mass is 155 g/mol. The van der Waals surface area contributed by atoms with Crippen LogP contribution >= 0.6 is 0 Å². The third-order valence-electron chi connectivity index (χ3n) is 2.20. The van der Waals surface area contributed by atoms with E-state index in [0.29, 0.717) is 5.78 Å². The van der Waals surface area contributed by atoms with Crippen LogP contribution in [-0.4, -0.2) is 18.4 Å². The first kappa shape index (κ1) is 8.72. The van der Waals surface area contributed by atoms with Crippen molar-refractivity contribution < 1.29 is 4.79 Å². The lowest BCUT2D eigenvalue weighted by atomic mass is 9.99. The van der Waals surface area contributed by atoms with Gasteiger partial charge in [0, 0.05) is 6.42 Å². The Morgan fingerprint density at radius 2 is 2.36 bits per heavy atom. The zero-order chi connectivity index (χ0) is 8.10. The van der Waals surface area contributed by atoms with Crippen molar-refractivity contribution in [3.63, 3.8) is 0 Å². The molecule has 2 heteroatoms. The number of carbonyl (C=O) groups excluding carboxylic acids is 1. The van der Waals surface area contributed by atoms with Gasteiger partial charge in [0.1, 0.15) is 5.78 Å². The molecule has 1 atom stereocenters. The molecule has 1 unspecified atom stereocenters. The summed E-state index contributed by atoms with van der Waals surface area (Å²) in [6.45, 7) is 3.08. The van der Waals surface area contributed by atoms with Crippen molar-refractivity contribution in [1.82, 2.24) is 5.32 Å². The molecule has 0 saturated carbocycles. The molecule has 0 spiro atoms. The van der Waals surface area contributed by atoms with Gasteiger partial charge in [-0.15, -0.1) is 0 Å². The number of hydrogen-bond donors (Lipinski definition) is 1. The predicted molar refractivity (Wildman–Crippen MR) is 45.6 cm³/mol. The molecule has 0 aromatic carbocycles. The highest BCUT2D eigenvalue weighted by atomic mass is 16.1. The summed E-state index contributed by atoms with van der Waals surface area (Å²) < 4.78 is 0. The lowest BCUT2D eigenvalue weighted by Gasteiger charge is -2.21. The van der Waals surface area contributed by atoms with Gasteiger partial charge < -0.3 is 5.32 Å². The van der Waals surface area contributed by atoms with E-state index < -0.39 is 0 Å². The average molecular weight is 155 g/mol. The summed E-state index contributed by atoms with van der Waals surface area (Å²) in [5.74, 6) is 0.409. The van der Waals surface area contributed by atoms with Crippen molar-refractivity contribution in [2.45, 2.75) is 45.1 Å². The standard InChI is InChI=1S/C9H17NO/c1-2-5-9(11)8-6-3-4-7-10-8/h8,10H,2-7H2,1H3. The van der Waals surface area contributed by atoms with Crippen LogP contribution in [0.3, 0.4) is 0 Å². The van der Waals surface area contributed by atoms with Gasteiger partial charge in [-0.05, 0) is 25.8 Å². The number of hydrogen-bond acceptors (Lipinski definition) is 2. The Balaban J connectivity index is 2.27. The summed E-state index contributed by atoms with van der Waals surface area (Å²) >= 11 is 0. The van der Waals surface area contributed by atoms with Crippen LogP contribution in [0.25, 0.3) is 0 Å². The Kier molecular flexibility index (Phi) is 3.57. The molecule has 0 aromatic heterocycles. The largest absolute Gasteiger partial charge is 0.307 e. The molecule has 1 fully saturated rings. The third kappa shape index (κ3) is 2.62. The van der Waals surface area contributed by atoms with E-state index in [4.69, 9.17) is 0 Å². The van der Waals surface area contributed by atoms with E-state index in [1.165, 1.54) is 12.8 Å². The van der Waals surface area contributed by atoms with Gasteiger partial charge >= 0.3 is 0 Å². The molecule has 0 aliphatic carbocycles. The molecule has 1 saturated heterocycles. The first-order chi connectivity index (χ1) is 5.34. The zero-order valence-corrected chi connectivity index (χ0v) is 7.23. The molecule has 1 heterocycles. The first-order valence-corrected chi connectivity index (χ1v) is 4.60. The molecule has 64 valence electrons. The maximum absolute atomic E-state index is 11.3. The number of piperidine rings is 1. The SMILES string of the molecule is CCCC(=O)C1CCCCN1. The van der Waals surface area contributed by atoms with Crippen molar-refractivity contribution in [2.75, 3.05) is 6.54 Å². The van der Waals surface area contributed by atoms with Crippen LogP contribution in [0.2, 0.25) is 0 Å². The van der Waals surface area contributed by atoms with Crippen molar-refractivity contribution >= 4 is 5.78 Å². The van der Waals surface area contributed by atoms with Crippen LogP contribution in [0.15, 0.2) is 0 Å². The molecule has 0 bridgehead atoms. The number of Topliss-reactive ketones (excluding diaryl/α,β-unsaturated/α-hetero) is 1. The van der Waals surface area contributed by atoms with Crippen LogP contribution in [0, 0.1) is 0 Å². The van der Waals surface area contributed by atoms with Crippen LogP contribution in [0.1, 0.15) is 39.0 Å². The van der Waals surface area contributed by atoms with Crippen LogP contribution in [-0.2, 0) is 4.79 Å². The number of ketones is 1.